The molecule has 0 spiro atoms. The molecule has 2 heterocycles. The first-order valence-electron chi connectivity index (χ1n) is 4.26. The zero-order valence-electron chi connectivity index (χ0n) is 8.02. The van der Waals surface area contributed by atoms with E-state index < -0.39 is 5.91 Å². The Morgan fingerprint density at radius 2 is 2.31 bits per heavy atom. The van der Waals surface area contributed by atoms with Crippen molar-refractivity contribution < 1.29 is 14.3 Å². The van der Waals surface area contributed by atoms with E-state index in [0.29, 0.717) is 15.6 Å². The van der Waals surface area contributed by atoms with Gasteiger partial charge in [0.25, 0.3) is 11.8 Å². The van der Waals surface area contributed by atoms with Crippen LogP contribution in [0.25, 0.3) is 0 Å². The average Bonchev–Trinajstić information content (AvgIpc) is 2.59. The molecular weight excluding hydrogens is 232 g/mol. The van der Waals surface area contributed by atoms with Crippen molar-refractivity contribution in [3.05, 3.63) is 10.9 Å². The molecule has 0 saturated heterocycles. The summed E-state index contributed by atoms with van der Waals surface area (Å²) in [7, 11) is 0. The summed E-state index contributed by atoms with van der Waals surface area (Å²) in [6, 6.07) is 1.48. The lowest BCUT2D eigenvalue weighted by Crippen LogP contribution is -2.24. The number of hydrogen-bond donors (Lipinski definition) is 3. The van der Waals surface area contributed by atoms with Crippen LogP contribution in [0.3, 0.4) is 0 Å². The molecule has 16 heavy (non-hydrogen) atoms. The van der Waals surface area contributed by atoms with E-state index in [0.717, 1.165) is 11.3 Å². The third-order valence-corrected chi connectivity index (χ3v) is 2.78. The van der Waals surface area contributed by atoms with Gasteiger partial charge in [0.1, 0.15) is 4.88 Å². The highest BCUT2D eigenvalue weighted by Gasteiger charge is 2.21. The molecule has 0 saturated carbocycles. The molecule has 0 aliphatic carbocycles. The summed E-state index contributed by atoms with van der Waals surface area (Å²) in [6.07, 6.45) is 0. The summed E-state index contributed by atoms with van der Waals surface area (Å²) in [6.45, 7) is -0.0521. The fourth-order valence-electron chi connectivity index (χ4n) is 1.16. The third-order valence-electron chi connectivity index (χ3n) is 1.75. The van der Waals surface area contributed by atoms with Gasteiger partial charge in [0.2, 0.25) is 0 Å². The summed E-state index contributed by atoms with van der Waals surface area (Å²) in [4.78, 5) is 26.1. The predicted molar refractivity (Wildman–Crippen MR) is 58.6 cm³/mol. The summed E-state index contributed by atoms with van der Waals surface area (Å²) in [5.41, 5.74) is 10.6. The second kappa shape index (κ2) is 3.81. The van der Waals surface area contributed by atoms with Crippen molar-refractivity contribution in [3.8, 4) is 5.06 Å². The molecule has 5 N–H and O–H groups in total. The topological polar surface area (TPSA) is 120 Å². The molecule has 0 unspecified atom stereocenters. The minimum Gasteiger partial charge on any atom is -0.472 e. The van der Waals surface area contributed by atoms with E-state index in [1.165, 1.54) is 6.07 Å². The van der Waals surface area contributed by atoms with Gasteiger partial charge in [-0.2, -0.15) is 4.99 Å². The van der Waals surface area contributed by atoms with Gasteiger partial charge in [-0.05, 0) is 6.07 Å². The lowest BCUT2D eigenvalue weighted by atomic mass is 10.3. The number of carbonyl (C=O) groups excluding carboxylic acids is 2. The Kier molecular flexibility index (Phi) is 2.49. The number of fused-ring (bicyclic) bond motifs is 1. The number of nitrogens with one attached hydrogen (secondary N) is 1. The highest BCUT2D eigenvalue weighted by atomic mass is 32.1. The van der Waals surface area contributed by atoms with Gasteiger partial charge in [-0.3, -0.25) is 9.59 Å². The normalized spacial score (nSPS) is 13.4. The van der Waals surface area contributed by atoms with Gasteiger partial charge in [0.05, 0.1) is 5.69 Å². The molecular formula is C8H8N4O3S. The smallest absolute Gasteiger partial charge is 0.290 e. The first-order valence-corrected chi connectivity index (χ1v) is 5.08. The molecule has 0 aromatic carbocycles. The molecule has 8 heteroatoms. The zero-order chi connectivity index (χ0) is 11.7. The molecule has 1 aromatic heterocycles. The van der Waals surface area contributed by atoms with Crippen molar-refractivity contribution in [1.29, 1.82) is 0 Å². The molecule has 1 aliphatic rings. The maximum atomic E-state index is 11.4. The first kappa shape index (κ1) is 10.4. The fourth-order valence-corrected chi connectivity index (χ4v) is 2.01. The average molecular weight is 240 g/mol. The molecule has 84 valence electrons. The molecule has 0 atom stereocenters. The molecule has 0 bridgehead atoms. The zero-order valence-corrected chi connectivity index (χ0v) is 8.84. The number of guanidine groups is 1. The van der Waals surface area contributed by atoms with Crippen LogP contribution in [0, 0.1) is 0 Å². The Bertz CT molecular complexity index is 489. The Morgan fingerprint density at radius 3 is 3.00 bits per heavy atom. The van der Waals surface area contributed by atoms with Crippen LogP contribution in [-0.2, 0) is 4.79 Å². The lowest BCUT2D eigenvalue weighted by Gasteiger charge is -2.12. The van der Waals surface area contributed by atoms with Crippen LogP contribution >= 0.6 is 11.3 Å². The van der Waals surface area contributed by atoms with E-state index >= 15 is 0 Å². The summed E-state index contributed by atoms with van der Waals surface area (Å²) >= 11 is 1.08. The number of rotatable bonds is 1. The number of thiophene rings is 1. The summed E-state index contributed by atoms with van der Waals surface area (Å²) < 4.78 is 5.11. The van der Waals surface area contributed by atoms with Crippen LogP contribution < -0.4 is 21.5 Å². The number of carbonyl (C=O) groups is 2. The van der Waals surface area contributed by atoms with E-state index in [1.54, 1.807) is 0 Å². The number of nitrogens with two attached hydrogens (primary N) is 2. The van der Waals surface area contributed by atoms with Crippen LogP contribution in [0.5, 0.6) is 5.06 Å². The molecule has 0 fully saturated rings. The molecule has 2 amide bonds. The number of aliphatic imine (C=N–C) groups is 1. The third kappa shape index (κ3) is 1.96. The minimum absolute atomic E-state index is 0.0521. The highest BCUT2D eigenvalue weighted by Crippen LogP contribution is 2.37. The number of anilines is 1. The quantitative estimate of drug-likeness (QED) is 0.451. The van der Waals surface area contributed by atoms with Crippen molar-refractivity contribution in [3.63, 3.8) is 0 Å². The molecule has 2 rings (SSSR count). The van der Waals surface area contributed by atoms with Crippen LogP contribution in [0.2, 0.25) is 0 Å². The number of ether oxygens (including phenoxy) is 1. The van der Waals surface area contributed by atoms with Gasteiger partial charge >= 0.3 is 0 Å². The summed E-state index contributed by atoms with van der Waals surface area (Å²) in [5.74, 6) is -1.12. The number of nitrogens with zero attached hydrogens (tertiary/aromatic N) is 1. The highest BCUT2D eigenvalue weighted by molar-refractivity contribution is 7.16. The minimum atomic E-state index is -0.558. The monoisotopic (exact) mass is 240 g/mol. The fraction of sp³-hybridized carbons (Fsp3) is 0.125. The molecule has 1 aliphatic heterocycles. The van der Waals surface area contributed by atoms with Gasteiger partial charge in [-0.15, -0.1) is 0 Å². The maximum Gasteiger partial charge on any atom is 0.290 e. The van der Waals surface area contributed by atoms with Crippen LogP contribution in [0.15, 0.2) is 11.1 Å². The van der Waals surface area contributed by atoms with E-state index in [2.05, 4.69) is 10.3 Å². The Labute approximate surface area is 94.1 Å². The second-order valence-corrected chi connectivity index (χ2v) is 4.01. The van der Waals surface area contributed by atoms with Gasteiger partial charge in [-0.25, -0.2) is 0 Å². The maximum absolute atomic E-state index is 11.4. The number of hydrogen-bond acceptors (Lipinski definition) is 4. The molecule has 1 aromatic rings. The predicted octanol–water partition coefficient (Wildman–Crippen LogP) is -0.507. The summed E-state index contributed by atoms with van der Waals surface area (Å²) in [5, 5.41) is 3.05. The van der Waals surface area contributed by atoms with Gasteiger partial charge in [0.15, 0.2) is 17.6 Å². The van der Waals surface area contributed by atoms with Crippen molar-refractivity contribution >= 4 is 34.8 Å². The van der Waals surface area contributed by atoms with Crippen molar-refractivity contribution in [2.75, 3.05) is 11.9 Å². The SMILES string of the molecule is NC(N)=NC(=O)c1cc2c(s1)OCC(=O)N2. The van der Waals surface area contributed by atoms with Gasteiger partial charge in [0, 0.05) is 0 Å². The lowest BCUT2D eigenvalue weighted by molar-refractivity contribution is -0.118. The standard InChI is InChI=1S/C8H8N4O3S/c9-8(10)12-6(14)4-1-3-7(16-4)15-2-5(13)11-3/h1H,2H2,(H,11,13)(H4,9,10,12,14). The van der Waals surface area contributed by atoms with Gasteiger partial charge < -0.3 is 21.5 Å². The van der Waals surface area contributed by atoms with Crippen LogP contribution in [0.4, 0.5) is 5.69 Å². The van der Waals surface area contributed by atoms with E-state index in [9.17, 15) is 9.59 Å². The van der Waals surface area contributed by atoms with Crippen LogP contribution in [-0.4, -0.2) is 24.4 Å². The van der Waals surface area contributed by atoms with Crippen molar-refractivity contribution in [2.45, 2.75) is 0 Å². The van der Waals surface area contributed by atoms with E-state index in [-0.39, 0.29) is 18.5 Å². The Balaban J connectivity index is 2.28. The number of amides is 2. The van der Waals surface area contributed by atoms with Crippen LogP contribution in [0.1, 0.15) is 9.67 Å². The van der Waals surface area contributed by atoms with Gasteiger partial charge in [-0.1, -0.05) is 11.3 Å². The van der Waals surface area contributed by atoms with Crippen molar-refractivity contribution in [2.24, 2.45) is 16.5 Å². The Morgan fingerprint density at radius 1 is 1.56 bits per heavy atom. The first-order chi connectivity index (χ1) is 7.56. The largest absolute Gasteiger partial charge is 0.472 e. The van der Waals surface area contributed by atoms with E-state index in [4.69, 9.17) is 16.2 Å². The second-order valence-electron chi connectivity index (χ2n) is 2.99. The Hall–Kier alpha value is -2.09. The molecule has 0 radical (unpaired) electrons. The molecule has 7 nitrogen and oxygen atoms in total. The van der Waals surface area contributed by atoms with Crippen molar-refractivity contribution in [1.82, 2.24) is 0 Å². The van der Waals surface area contributed by atoms with E-state index in [1.807, 2.05) is 0 Å².